The van der Waals surface area contributed by atoms with Crippen LogP contribution in [0.15, 0.2) is 0 Å². The molecule has 1 atom stereocenters. The van der Waals surface area contributed by atoms with Crippen molar-refractivity contribution in [2.45, 2.75) is 32.4 Å². The minimum atomic E-state index is 0.505. The zero-order chi connectivity index (χ0) is 9.80. The van der Waals surface area contributed by atoms with Gasteiger partial charge < -0.3 is 10.1 Å². The van der Waals surface area contributed by atoms with Gasteiger partial charge in [0.2, 0.25) is 0 Å². The van der Waals surface area contributed by atoms with Crippen LogP contribution >= 0.6 is 11.5 Å². The highest BCUT2D eigenvalue weighted by atomic mass is 32.1. The zero-order valence-electron chi connectivity index (χ0n) is 8.32. The molecule has 5 heteroatoms. The Labute approximate surface area is 87.8 Å². The molecule has 2 rings (SSSR count). The molecule has 0 aliphatic carbocycles. The summed E-state index contributed by atoms with van der Waals surface area (Å²) in [6, 6.07) is 0.505. The quantitative estimate of drug-likeness (QED) is 0.817. The van der Waals surface area contributed by atoms with Crippen molar-refractivity contribution in [3.63, 3.8) is 0 Å². The van der Waals surface area contributed by atoms with Crippen molar-refractivity contribution >= 4 is 11.5 Å². The predicted octanol–water partition coefficient (Wildman–Crippen LogP) is 1.12. The maximum Gasteiger partial charge on any atom is 0.0769 e. The molecule has 1 aromatic heterocycles. The summed E-state index contributed by atoms with van der Waals surface area (Å²) in [5.74, 6) is 0. The lowest BCUT2D eigenvalue weighted by molar-refractivity contribution is 0.0700. The number of nitrogens with zero attached hydrogens (tertiary/aromatic N) is 2. The van der Waals surface area contributed by atoms with Gasteiger partial charge in [0.1, 0.15) is 0 Å². The standard InChI is InChI=1S/C9H15N3OS/c1-7-9(14-12-11-7)5-10-8-3-2-4-13-6-8/h8,10H,2-6H2,1H3. The summed E-state index contributed by atoms with van der Waals surface area (Å²) in [5.41, 5.74) is 1.04. The van der Waals surface area contributed by atoms with E-state index in [2.05, 4.69) is 14.9 Å². The Hall–Kier alpha value is -0.520. The molecule has 1 N–H and O–H groups in total. The molecule has 0 aromatic carbocycles. The van der Waals surface area contributed by atoms with Crippen LogP contribution in [-0.4, -0.2) is 28.8 Å². The smallest absolute Gasteiger partial charge is 0.0769 e. The minimum absolute atomic E-state index is 0.505. The molecule has 1 aliphatic heterocycles. The molecule has 14 heavy (non-hydrogen) atoms. The van der Waals surface area contributed by atoms with Crippen LogP contribution in [0, 0.1) is 6.92 Å². The molecule has 2 heterocycles. The number of hydrogen-bond donors (Lipinski definition) is 1. The summed E-state index contributed by atoms with van der Waals surface area (Å²) in [6.45, 7) is 4.63. The highest BCUT2D eigenvalue weighted by Crippen LogP contribution is 2.11. The van der Waals surface area contributed by atoms with Gasteiger partial charge in [0.05, 0.1) is 17.2 Å². The van der Waals surface area contributed by atoms with E-state index in [1.54, 1.807) is 0 Å². The van der Waals surface area contributed by atoms with Gasteiger partial charge in [0.15, 0.2) is 0 Å². The predicted molar refractivity (Wildman–Crippen MR) is 55.3 cm³/mol. The van der Waals surface area contributed by atoms with Crippen molar-refractivity contribution in [2.24, 2.45) is 0 Å². The first-order valence-electron chi connectivity index (χ1n) is 4.95. The molecule has 4 nitrogen and oxygen atoms in total. The van der Waals surface area contributed by atoms with Gasteiger partial charge in [-0.15, -0.1) is 5.10 Å². The highest BCUT2D eigenvalue weighted by molar-refractivity contribution is 7.05. The SMILES string of the molecule is Cc1nnsc1CNC1CCCOC1. The van der Waals surface area contributed by atoms with E-state index in [9.17, 15) is 0 Å². The molecule has 1 unspecified atom stereocenters. The van der Waals surface area contributed by atoms with Crippen molar-refractivity contribution in [3.8, 4) is 0 Å². The molecular weight excluding hydrogens is 198 g/mol. The van der Waals surface area contributed by atoms with E-state index >= 15 is 0 Å². The zero-order valence-corrected chi connectivity index (χ0v) is 9.14. The number of rotatable bonds is 3. The first-order valence-corrected chi connectivity index (χ1v) is 5.72. The Balaban J connectivity index is 1.79. The molecule has 0 saturated carbocycles. The summed E-state index contributed by atoms with van der Waals surface area (Å²) in [6.07, 6.45) is 2.38. The van der Waals surface area contributed by atoms with Gasteiger partial charge in [-0.1, -0.05) is 4.49 Å². The minimum Gasteiger partial charge on any atom is -0.380 e. The summed E-state index contributed by atoms with van der Waals surface area (Å²) in [7, 11) is 0. The number of aryl methyl sites for hydroxylation is 1. The van der Waals surface area contributed by atoms with Gasteiger partial charge >= 0.3 is 0 Å². The van der Waals surface area contributed by atoms with Crippen LogP contribution in [0.5, 0.6) is 0 Å². The second-order valence-corrected chi connectivity index (χ2v) is 4.42. The van der Waals surface area contributed by atoms with Crippen LogP contribution in [0.1, 0.15) is 23.4 Å². The third-order valence-electron chi connectivity index (χ3n) is 2.46. The van der Waals surface area contributed by atoms with Gasteiger partial charge in [0.25, 0.3) is 0 Å². The average Bonchev–Trinajstić information content (AvgIpc) is 2.63. The van der Waals surface area contributed by atoms with Crippen molar-refractivity contribution in [1.29, 1.82) is 0 Å². The largest absolute Gasteiger partial charge is 0.380 e. The summed E-state index contributed by atoms with van der Waals surface area (Å²) >= 11 is 1.47. The van der Waals surface area contributed by atoms with E-state index in [1.165, 1.54) is 22.8 Å². The first-order chi connectivity index (χ1) is 6.86. The average molecular weight is 213 g/mol. The topological polar surface area (TPSA) is 47.0 Å². The fourth-order valence-electron chi connectivity index (χ4n) is 1.55. The third kappa shape index (κ3) is 2.50. The molecule has 1 aliphatic rings. The normalized spacial score (nSPS) is 22.5. The Morgan fingerprint density at radius 2 is 2.57 bits per heavy atom. The highest BCUT2D eigenvalue weighted by Gasteiger charge is 2.13. The van der Waals surface area contributed by atoms with Crippen molar-refractivity contribution < 1.29 is 4.74 Å². The monoisotopic (exact) mass is 213 g/mol. The lowest BCUT2D eigenvalue weighted by atomic mass is 10.1. The molecule has 0 amide bonds. The van der Waals surface area contributed by atoms with E-state index in [-0.39, 0.29) is 0 Å². The van der Waals surface area contributed by atoms with Crippen molar-refractivity contribution in [2.75, 3.05) is 13.2 Å². The van der Waals surface area contributed by atoms with Crippen LogP contribution in [0.2, 0.25) is 0 Å². The summed E-state index contributed by atoms with van der Waals surface area (Å²) < 4.78 is 9.30. The second-order valence-electron chi connectivity index (χ2n) is 3.58. The van der Waals surface area contributed by atoms with Gasteiger partial charge in [0, 0.05) is 19.2 Å². The molecule has 1 fully saturated rings. The molecule has 0 bridgehead atoms. The molecular formula is C9H15N3OS. The second kappa shape index (κ2) is 4.82. The van der Waals surface area contributed by atoms with Crippen molar-refractivity contribution in [3.05, 3.63) is 10.6 Å². The lowest BCUT2D eigenvalue weighted by Crippen LogP contribution is -2.36. The van der Waals surface area contributed by atoms with Crippen LogP contribution in [-0.2, 0) is 11.3 Å². The molecule has 78 valence electrons. The van der Waals surface area contributed by atoms with Gasteiger partial charge in [-0.25, -0.2) is 0 Å². The van der Waals surface area contributed by atoms with E-state index in [4.69, 9.17) is 4.74 Å². The molecule has 0 spiro atoms. The Bertz CT molecular complexity index is 283. The fourth-order valence-corrected chi connectivity index (χ4v) is 2.13. The van der Waals surface area contributed by atoms with Gasteiger partial charge in [-0.2, -0.15) is 0 Å². The van der Waals surface area contributed by atoms with E-state index in [0.717, 1.165) is 31.9 Å². The summed E-state index contributed by atoms with van der Waals surface area (Å²) in [4.78, 5) is 1.23. The van der Waals surface area contributed by atoms with Crippen molar-refractivity contribution in [1.82, 2.24) is 14.9 Å². The Morgan fingerprint density at radius 1 is 1.64 bits per heavy atom. The Morgan fingerprint density at radius 3 is 3.21 bits per heavy atom. The molecule has 1 saturated heterocycles. The fraction of sp³-hybridized carbons (Fsp3) is 0.778. The maximum atomic E-state index is 5.39. The number of aromatic nitrogens is 2. The van der Waals surface area contributed by atoms with Gasteiger partial charge in [-0.05, 0) is 31.3 Å². The van der Waals surface area contributed by atoms with Gasteiger partial charge in [-0.3, -0.25) is 0 Å². The van der Waals surface area contributed by atoms with Crippen LogP contribution in [0.4, 0.5) is 0 Å². The van der Waals surface area contributed by atoms with E-state index in [0.29, 0.717) is 6.04 Å². The number of ether oxygens (including phenoxy) is 1. The first kappa shape index (κ1) is 10.0. The summed E-state index contributed by atoms with van der Waals surface area (Å²) in [5, 5.41) is 7.45. The van der Waals surface area contributed by atoms with Crippen LogP contribution < -0.4 is 5.32 Å². The lowest BCUT2D eigenvalue weighted by Gasteiger charge is -2.22. The van der Waals surface area contributed by atoms with Crippen LogP contribution in [0.3, 0.4) is 0 Å². The Kier molecular flexibility index (Phi) is 3.44. The van der Waals surface area contributed by atoms with E-state index < -0.39 is 0 Å². The molecule has 1 aromatic rings. The maximum absolute atomic E-state index is 5.39. The number of hydrogen-bond acceptors (Lipinski definition) is 5. The molecule has 0 radical (unpaired) electrons. The third-order valence-corrected chi connectivity index (χ3v) is 3.28. The van der Waals surface area contributed by atoms with E-state index in [1.807, 2.05) is 6.92 Å². The number of nitrogens with one attached hydrogen (secondary N) is 1. The van der Waals surface area contributed by atoms with Crippen LogP contribution in [0.25, 0.3) is 0 Å².